The van der Waals surface area contributed by atoms with Crippen LogP contribution in [0.3, 0.4) is 0 Å². The number of hydrogen-bond acceptors (Lipinski definition) is 9. The third-order valence-electron chi connectivity index (χ3n) is 7.52. The lowest BCUT2D eigenvalue weighted by Gasteiger charge is -2.10. The number of nitrogens with one attached hydrogen (secondary N) is 3. The molecular formula is C40H34F6N6O7. The van der Waals surface area contributed by atoms with Gasteiger partial charge in [0.25, 0.3) is 11.1 Å². The zero-order chi connectivity index (χ0) is 43.1. The maximum Gasteiger partial charge on any atom is 0.411 e. The number of aliphatic hydroxyl groups excluding tert-OH is 1. The Hall–Kier alpha value is -7.28. The summed E-state index contributed by atoms with van der Waals surface area (Å²) in [4.78, 5) is 45.4. The molecule has 0 saturated heterocycles. The van der Waals surface area contributed by atoms with Gasteiger partial charge < -0.3 is 14.6 Å². The van der Waals surface area contributed by atoms with Gasteiger partial charge in [-0.2, -0.15) is 10.2 Å². The first-order valence-electron chi connectivity index (χ1n) is 17.3. The summed E-state index contributed by atoms with van der Waals surface area (Å²) in [6, 6.07) is 21.8. The van der Waals surface area contributed by atoms with Gasteiger partial charge in [0.15, 0.2) is 34.9 Å². The van der Waals surface area contributed by atoms with Crippen molar-refractivity contribution in [2.45, 2.75) is 27.0 Å². The first-order valence-corrected chi connectivity index (χ1v) is 17.3. The zero-order valence-electron chi connectivity index (χ0n) is 31.1. The van der Waals surface area contributed by atoms with Crippen LogP contribution in [-0.4, -0.2) is 50.5 Å². The number of rotatable bonds is 9. The number of halogens is 6. The van der Waals surface area contributed by atoms with Crippen molar-refractivity contribution >= 4 is 23.6 Å². The number of H-pyrrole nitrogens is 1. The van der Waals surface area contributed by atoms with Crippen LogP contribution in [0.4, 0.5) is 47.3 Å². The van der Waals surface area contributed by atoms with E-state index in [1.165, 1.54) is 18.2 Å². The number of benzene rings is 4. The molecule has 0 atom stereocenters. The lowest BCUT2D eigenvalue weighted by Crippen LogP contribution is -2.23. The molecule has 4 N–H and O–H groups in total. The number of nitrogens with zero attached hydrogens (tertiary/aromatic N) is 3. The molecule has 0 radical (unpaired) electrons. The summed E-state index contributed by atoms with van der Waals surface area (Å²) in [7, 11) is 0. The second-order valence-corrected chi connectivity index (χ2v) is 11.8. The van der Waals surface area contributed by atoms with Crippen molar-refractivity contribution < 1.29 is 50.5 Å². The summed E-state index contributed by atoms with van der Waals surface area (Å²) in [5, 5.41) is 23.7. The van der Waals surface area contributed by atoms with Gasteiger partial charge in [0.05, 0.1) is 37.8 Å². The van der Waals surface area contributed by atoms with E-state index >= 15 is 0 Å². The quantitative estimate of drug-likeness (QED) is 0.0847. The Morgan fingerprint density at radius 2 is 1.14 bits per heavy atom. The second kappa shape index (κ2) is 21.3. The second-order valence-electron chi connectivity index (χ2n) is 11.8. The molecular weight excluding hydrogens is 790 g/mol. The molecule has 0 spiro atoms. The normalized spacial score (nSPS) is 10.3. The standard InChI is InChI=1S/C20H16F3N3O3.C10H5F3N2O.C10H13NO3/c1-2-29-20(28)24-14-5-3-4-12(8-14)11-26-18(27)7-6-17(25-26)13-9-15(21)19(23)16(22)10-13;11-6-3-5(4-7(12)10(6)13)8-1-2-9(16)15-14-8;1-2-14-10(13)11-9-5-3-4-8(6-9)7-12/h3-10H,2,11H2,1H3,(H,24,28);1-4H,(H,15,16);3-6,12H,2,7H2,1H3,(H,11,13). The maximum absolute atomic E-state index is 13.5. The van der Waals surface area contributed by atoms with Gasteiger partial charge in [-0.1, -0.05) is 24.3 Å². The molecule has 0 aliphatic heterocycles. The highest BCUT2D eigenvalue weighted by molar-refractivity contribution is 5.85. The van der Waals surface area contributed by atoms with Crippen molar-refractivity contribution in [3.8, 4) is 22.5 Å². The molecule has 308 valence electrons. The number of carbonyl (C=O) groups is 2. The van der Waals surface area contributed by atoms with E-state index < -0.39 is 58.2 Å². The van der Waals surface area contributed by atoms with Crippen LogP contribution in [0.5, 0.6) is 0 Å². The summed E-state index contributed by atoms with van der Waals surface area (Å²) >= 11 is 0. The number of amides is 2. The maximum atomic E-state index is 13.5. The molecule has 0 aliphatic carbocycles. The van der Waals surface area contributed by atoms with Crippen molar-refractivity contribution in [2.24, 2.45) is 0 Å². The molecule has 19 heteroatoms. The Kier molecular flexibility index (Phi) is 16.0. The summed E-state index contributed by atoms with van der Waals surface area (Å²) < 4.78 is 89.2. The van der Waals surface area contributed by atoms with E-state index in [2.05, 4.69) is 25.9 Å². The van der Waals surface area contributed by atoms with Gasteiger partial charge in [-0.05, 0) is 85.6 Å². The molecule has 0 unspecified atom stereocenters. The highest BCUT2D eigenvalue weighted by atomic mass is 19.2. The van der Waals surface area contributed by atoms with Crippen LogP contribution in [0.25, 0.3) is 22.5 Å². The number of aromatic amines is 1. The molecule has 6 aromatic rings. The van der Waals surface area contributed by atoms with E-state index in [0.29, 0.717) is 23.5 Å². The Morgan fingerprint density at radius 3 is 1.61 bits per heavy atom. The van der Waals surface area contributed by atoms with E-state index in [1.54, 1.807) is 62.4 Å². The minimum absolute atomic E-state index is 0.00659. The number of aliphatic hydroxyl groups is 1. The molecule has 4 aromatic carbocycles. The average molecular weight is 825 g/mol. The number of hydrogen-bond donors (Lipinski definition) is 4. The third kappa shape index (κ3) is 13.1. The van der Waals surface area contributed by atoms with Gasteiger partial charge in [0.1, 0.15) is 0 Å². The first kappa shape index (κ1) is 44.4. The van der Waals surface area contributed by atoms with Crippen molar-refractivity contribution in [1.29, 1.82) is 0 Å². The van der Waals surface area contributed by atoms with E-state index in [1.807, 2.05) is 0 Å². The molecule has 2 aromatic heterocycles. The molecule has 0 bridgehead atoms. The van der Waals surface area contributed by atoms with Crippen LogP contribution in [0.15, 0.2) is 107 Å². The van der Waals surface area contributed by atoms with Crippen LogP contribution in [-0.2, 0) is 22.6 Å². The van der Waals surface area contributed by atoms with Gasteiger partial charge in [-0.25, -0.2) is 45.7 Å². The minimum Gasteiger partial charge on any atom is -0.450 e. The SMILES string of the molecule is CCOC(=O)Nc1cccc(CO)c1.CCOC(=O)Nc1cccc(Cn2nc(-c3cc(F)c(F)c(F)c3)ccc2=O)c1.O=c1ccc(-c2cc(F)c(F)c(F)c2)n[nH]1. The minimum atomic E-state index is -1.58. The number of anilines is 2. The topological polar surface area (TPSA) is 178 Å². The fraction of sp³-hybridized carbons (Fsp3) is 0.150. The Morgan fingerprint density at radius 1 is 0.661 bits per heavy atom. The van der Waals surface area contributed by atoms with E-state index in [0.717, 1.165) is 40.6 Å². The van der Waals surface area contributed by atoms with E-state index in [4.69, 9.17) is 14.6 Å². The fourth-order valence-electron chi connectivity index (χ4n) is 4.87. The molecule has 0 saturated carbocycles. The number of aromatic nitrogens is 4. The Balaban J connectivity index is 0.000000216. The predicted molar refractivity (Wildman–Crippen MR) is 203 cm³/mol. The first-order chi connectivity index (χ1) is 28.2. The highest BCUT2D eigenvalue weighted by Crippen LogP contribution is 2.23. The fourth-order valence-corrected chi connectivity index (χ4v) is 4.87. The summed E-state index contributed by atoms with van der Waals surface area (Å²) in [6.07, 6.45) is -1.09. The van der Waals surface area contributed by atoms with Gasteiger partial charge in [-0.15, -0.1) is 0 Å². The number of ether oxygens (including phenoxy) is 2. The molecule has 6 rings (SSSR count). The lowest BCUT2D eigenvalue weighted by atomic mass is 10.1. The smallest absolute Gasteiger partial charge is 0.411 e. The average Bonchev–Trinajstić information content (AvgIpc) is 3.20. The Bertz CT molecular complexity index is 2470. The van der Waals surface area contributed by atoms with Crippen LogP contribution in [0, 0.1) is 34.9 Å². The summed E-state index contributed by atoms with van der Waals surface area (Å²) in [6.45, 7) is 3.98. The predicted octanol–water partition coefficient (Wildman–Crippen LogP) is 7.55. The molecule has 0 aliphatic rings. The van der Waals surface area contributed by atoms with Crippen LogP contribution < -0.4 is 21.8 Å². The van der Waals surface area contributed by atoms with E-state index in [-0.39, 0.29) is 42.3 Å². The highest BCUT2D eigenvalue weighted by Gasteiger charge is 2.14. The summed E-state index contributed by atoms with van der Waals surface area (Å²) in [5.41, 5.74) is 1.89. The largest absolute Gasteiger partial charge is 0.450 e. The van der Waals surface area contributed by atoms with Crippen LogP contribution >= 0.6 is 0 Å². The van der Waals surface area contributed by atoms with Gasteiger partial charge >= 0.3 is 12.2 Å². The van der Waals surface area contributed by atoms with Crippen molar-refractivity contribution in [1.82, 2.24) is 20.0 Å². The summed E-state index contributed by atoms with van der Waals surface area (Å²) in [5.74, 6) is -8.42. The third-order valence-corrected chi connectivity index (χ3v) is 7.52. The Labute approximate surface area is 330 Å². The van der Waals surface area contributed by atoms with Crippen LogP contribution in [0.2, 0.25) is 0 Å². The molecule has 0 fully saturated rings. The van der Waals surface area contributed by atoms with Gasteiger partial charge in [0.2, 0.25) is 0 Å². The monoisotopic (exact) mass is 824 g/mol. The van der Waals surface area contributed by atoms with Crippen molar-refractivity contribution in [3.05, 3.63) is 164 Å². The molecule has 59 heavy (non-hydrogen) atoms. The molecule has 13 nitrogen and oxygen atoms in total. The number of carbonyl (C=O) groups excluding carboxylic acids is 2. The van der Waals surface area contributed by atoms with Crippen LogP contribution in [0.1, 0.15) is 25.0 Å². The zero-order valence-corrected chi connectivity index (χ0v) is 31.1. The lowest BCUT2D eigenvalue weighted by molar-refractivity contribution is 0.167. The van der Waals surface area contributed by atoms with Gasteiger partial charge in [-0.3, -0.25) is 20.2 Å². The van der Waals surface area contributed by atoms with Crippen molar-refractivity contribution in [3.63, 3.8) is 0 Å². The molecule has 2 amide bonds. The van der Waals surface area contributed by atoms with Gasteiger partial charge in [0, 0.05) is 34.6 Å². The van der Waals surface area contributed by atoms with Crippen molar-refractivity contribution in [2.75, 3.05) is 23.8 Å². The molecule has 2 heterocycles. The van der Waals surface area contributed by atoms with E-state index in [9.17, 15) is 45.5 Å².